The van der Waals surface area contributed by atoms with Crippen molar-refractivity contribution in [2.75, 3.05) is 0 Å². The highest BCUT2D eigenvalue weighted by atomic mass is 35.5. The molecule has 0 aliphatic heterocycles. The van der Waals surface area contributed by atoms with E-state index in [9.17, 15) is 0 Å². The molecule has 0 saturated carbocycles. The highest BCUT2D eigenvalue weighted by Gasteiger charge is 2.10. The molecular weight excluding hydrogens is 235 g/mol. The summed E-state index contributed by atoms with van der Waals surface area (Å²) in [5, 5.41) is 8.33. The van der Waals surface area contributed by atoms with Crippen molar-refractivity contribution in [1.82, 2.24) is 10.2 Å². The van der Waals surface area contributed by atoms with Crippen LogP contribution in [0.15, 0.2) is 22.6 Å². The number of rotatable bonds is 2. The summed E-state index contributed by atoms with van der Waals surface area (Å²) in [7, 11) is 0. The lowest BCUT2D eigenvalue weighted by atomic mass is 10.1. The van der Waals surface area contributed by atoms with Crippen molar-refractivity contribution in [3.8, 4) is 11.5 Å². The highest BCUT2D eigenvalue weighted by Crippen LogP contribution is 2.25. The second-order valence-electron chi connectivity index (χ2n) is 3.09. The highest BCUT2D eigenvalue weighted by molar-refractivity contribution is 6.30. The Morgan fingerprint density at radius 1 is 1.33 bits per heavy atom. The molecule has 1 heterocycles. The second kappa shape index (κ2) is 4.21. The molecule has 15 heavy (non-hydrogen) atoms. The van der Waals surface area contributed by atoms with Gasteiger partial charge >= 0.3 is 0 Å². The molecule has 0 aliphatic carbocycles. The minimum Gasteiger partial charge on any atom is -0.419 e. The van der Waals surface area contributed by atoms with Gasteiger partial charge in [-0.1, -0.05) is 17.7 Å². The lowest BCUT2D eigenvalue weighted by molar-refractivity contribution is 0.527. The average molecular weight is 243 g/mol. The fraction of sp³-hybridized carbons (Fsp3) is 0.200. The van der Waals surface area contributed by atoms with Gasteiger partial charge in [0.25, 0.3) is 0 Å². The molecule has 0 atom stereocenters. The first-order chi connectivity index (χ1) is 7.20. The van der Waals surface area contributed by atoms with Crippen LogP contribution >= 0.6 is 23.2 Å². The third kappa shape index (κ3) is 2.13. The Balaban J connectivity index is 2.48. The van der Waals surface area contributed by atoms with E-state index in [4.69, 9.17) is 27.6 Å². The molecule has 5 heteroatoms. The zero-order valence-corrected chi connectivity index (χ0v) is 9.51. The third-order valence-corrected chi connectivity index (χ3v) is 2.47. The number of alkyl halides is 1. The Hall–Kier alpha value is -1.06. The fourth-order valence-electron chi connectivity index (χ4n) is 1.24. The number of hydrogen-bond donors (Lipinski definition) is 0. The Labute approximate surface area is 97.0 Å². The van der Waals surface area contributed by atoms with Crippen molar-refractivity contribution in [1.29, 1.82) is 0 Å². The predicted molar refractivity (Wildman–Crippen MR) is 59.0 cm³/mol. The lowest BCUT2D eigenvalue weighted by Crippen LogP contribution is -1.83. The van der Waals surface area contributed by atoms with Gasteiger partial charge in [0.2, 0.25) is 11.8 Å². The standard InChI is InChI=1S/C10H8Cl2N2O/c1-6-2-3-7(12)4-8(6)10-14-13-9(5-11)15-10/h2-4H,5H2,1H3. The van der Waals surface area contributed by atoms with Gasteiger partial charge < -0.3 is 4.42 Å². The van der Waals surface area contributed by atoms with E-state index < -0.39 is 0 Å². The molecule has 1 aromatic heterocycles. The molecule has 0 aliphatic rings. The average Bonchev–Trinajstić information content (AvgIpc) is 2.70. The van der Waals surface area contributed by atoms with Gasteiger partial charge in [-0.25, -0.2) is 0 Å². The van der Waals surface area contributed by atoms with Crippen molar-refractivity contribution in [3.05, 3.63) is 34.7 Å². The largest absolute Gasteiger partial charge is 0.419 e. The van der Waals surface area contributed by atoms with Gasteiger partial charge in [-0.2, -0.15) is 0 Å². The quantitative estimate of drug-likeness (QED) is 0.758. The van der Waals surface area contributed by atoms with E-state index in [2.05, 4.69) is 10.2 Å². The maximum atomic E-state index is 5.89. The van der Waals surface area contributed by atoms with E-state index in [0.717, 1.165) is 11.1 Å². The van der Waals surface area contributed by atoms with Gasteiger partial charge in [-0.3, -0.25) is 0 Å². The summed E-state index contributed by atoms with van der Waals surface area (Å²) in [6.07, 6.45) is 0. The van der Waals surface area contributed by atoms with Crippen LogP contribution in [0.3, 0.4) is 0 Å². The van der Waals surface area contributed by atoms with E-state index in [1.807, 2.05) is 19.1 Å². The number of aryl methyl sites for hydroxylation is 1. The molecule has 2 rings (SSSR count). The smallest absolute Gasteiger partial charge is 0.248 e. The Kier molecular flexibility index (Phi) is 2.93. The van der Waals surface area contributed by atoms with Gasteiger partial charge in [-0.15, -0.1) is 21.8 Å². The maximum absolute atomic E-state index is 5.89. The molecule has 3 nitrogen and oxygen atoms in total. The summed E-state index contributed by atoms with van der Waals surface area (Å²) in [4.78, 5) is 0. The summed E-state index contributed by atoms with van der Waals surface area (Å²) in [6, 6.07) is 5.52. The van der Waals surface area contributed by atoms with Crippen LogP contribution in [0.5, 0.6) is 0 Å². The van der Waals surface area contributed by atoms with E-state index >= 15 is 0 Å². The van der Waals surface area contributed by atoms with Crippen molar-refractivity contribution in [3.63, 3.8) is 0 Å². The van der Waals surface area contributed by atoms with Crippen LogP contribution in [0, 0.1) is 6.92 Å². The number of halogens is 2. The van der Waals surface area contributed by atoms with E-state index in [-0.39, 0.29) is 5.88 Å². The molecule has 0 bridgehead atoms. The Morgan fingerprint density at radius 2 is 2.13 bits per heavy atom. The maximum Gasteiger partial charge on any atom is 0.248 e. The minimum atomic E-state index is 0.215. The molecule has 0 amide bonds. The van der Waals surface area contributed by atoms with Gasteiger partial charge in [0.15, 0.2) is 0 Å². The van der Waals surface area contributed by atoms with Crippen molar-refractivity contribution >= 4 is 23.2 Å². The summed E-state index contributed by atoms with van der Waals surface area (Å²) in [5.41, 5.74) is 1.87. The number of benzene rings is 1. The molecule has 0 saturated heterocycles. The van der Waals surface area contributed by atoms with Crippen LogP contribution in [-0.2, 0) is 5.88 Å². The van der Waals surface area contributed by atoms with E-state index in [1.54, 1.807) is 6.07 Å². The van der Waals surface area contributed by atoms with Gasteiger partial charge in [0.05, 0.1) is 0 Å². The van der Waals surface area contributed by atoms with Crippen molar-refractivity contribution < 1.29 is 4.42 Å². The predicted octanol–water partition coefficient (Wildman–Crippen LogP) is 3.44. The van der Waals surface area contributed by atoms with E-state index in [0.29, 0.717) is 16.8 Å². The molecule has 0 spiro atoms. The summed E-state index contributed by atoms with van der Waals surface area (Å²) < 4.78 is 5.34. The number of hydrogen-bond acceptors (Lipinski definition) is 3. The summed E-state index contributed by atoms with van der Waals surface area (Å²) >= 11 is 11.5. The summed E-state index contributed by atoms with van der Waals surface area (Å²) in [6.45, 7) is 1.95. The molecule has 1 aromatic carbocycles. The van der Waals surface area contributed by atoms with Crippen LogP contribution in [0.2, 0.25) is 5.02 Å². The van der Waals surface area contributed by atoms with Crippen LogP contribution in [0.25, 0.3) is 11.5 Å². The number of nitrogens with zero attached hydrogens (tertiary/aromatic N) is 2. The SMILES string of the molecule is Cc1ccc(Cl)cc1-c1nnc(CCl)o1. The normalized spacial score (nSPS) is 10.6. The summed E-state index contributed by atoms with van der Waals surface area (Å²) in [5.74, 6) is 1.07. The molecule has 0 fully saturated rings. The Morgan fingerprint density at radius 3 is 2.80 bits per heavy atom. The first-order valence-electron chi connectivity index (χ1n) is 4.35. The molecule has 0 unspecified atom stereocenters. The second-order valence-corrected chi connectivity index (χ2v) is 3.80. The fourth-order valence-corrected chi connectivity index (χ4v) is 1.52. The first-order valence-corrected chi connectivity index (χ1v) is 5.27. The van der Waals surface area contributed by atoms with Crippen molar-refractivity contribution in [2.24, 2.45) is 0 Å². The molecule has 0 radical (unpaired) electrons. The van der Waals surface area contributed by atoms with Gasteiger partial charge in [0, 0.05) is 10.6 Å². The van der Waals surface area contributed by atoms with Crippen LogP contribution in [0.4, 0.5) is 0 Å². The zero-order valence-electron chi connectivity index (χ0n) is 8.00. The first kappa shape index (κ1) is 10.5. The topological polar surface area (TPSA) is 38.9 Å². The molecule has 0 N–H and O–H groups in total. The lowest BCUT2D eigenvalue weighted by Gasteiger charge is -2.00. The Bertz CT molecular complexity index is 482. The van der Waals surface area contributed by atoms with Crippen LogP contribution < -0.4 is 0 Å². The van der Waals surface area contributed by atoms with E-state index in [1.165, 1.54) is 0 Å². The van der Waals surface area contributed by atoms with Crippen molar-refractivity contribution in [2.45, 2.75) is 12.8 Å². The van der Waals surface area contributed by atoms with Gasteiger partial charge in [0.1, 0.15) is 5.88 Å². The zero-order chi connectivity index (χ0) is 10.8. The molecule has 78 valence electrons. The minimum absolute atomic E-state index is 0.215. The number of aromatic nitrogens is 2. The monoisotopic (exact) mass is 242 g/mol. The third-order valence-electron chi connectivity index (χ3n) is 2.01. The molecular formula is C10H8Cl2N2O. The van der Waals surface area contributed by atoms with Gasteiger partial charge in [-0.05, 0) is 24.6 Å². The molecule has 2 aromatic rings. The van der Waals surface area contributed by atoms with Crippen LogP contribution in [0.1, 0.15) is 11.5 Å². The van der Waals surface area contributed by atoms with Crippen LogP contribution in [-0.4, -0.2) is 10.2 Å².